The SMILES string of the molecule is C[C@@]1(c2cc(CC(=O)CON3CCNCC3)ccc2F)CCSC(N)=N1.Cl.Cl.Cl. The van der Waals surface area contributed by atoms with E-state index in [-0.39, 0.29) is 61.8 Å². The summed E-state index contributed by atoms with van der Waals surface area (Å²) < 4.78 is 14.4. The molecule has 0 saturated carbocycles. The molecule has 2 aliphatic rings. The zero-order valence-corrected chi connectivity index (χ0v) is 19.5. The Balaban J connectivity index is 0.00000261. The van der Waals surface area contributed by atoms with E-state index in [4.69, 9.17) is 10.6 Å². The molecule has 3 rings (SSSR count). The maximum absolute atomic E-state index is 14.4. The number of hydrogen-bond donors (Lipinski definition) is 2. The van der Waals surface area contributed by atoms with E-state index < -0.39 is 5.54 Å². The Labute approximate surface area is 193 Å². The summed E-state index contributed by atoms with van der Waals surface area (Å²) in [7, 11) is 0. The minimum atomic E-state index is -0.685. The quantitative estimate of drug-likeness (QED) is 0.640. The lowest BCUT2D eigenvalue weighted by Crippen LogP contribution is -2.44. The minimum Gasteiger partial charge on any atom is -0.379 e. The smallest absolute Gasteiger partial charge is 0.164 e. The van der Waals surface area contributed by atoms with Crippen LogP contribution < -0.4 is 11.1 Å². The average Bonchev–Trinajstić information content (AvgIpc) is 2.62. The molecule has 2 heterocycles. The number of benzene rings is 1. The van der Waals surface area contributed by atoms with Crippen LogP contribution in [0.15, 0.2) is 23.2 Å². The Hall–Kier alpha value is -0.610. The number of carbonyl (C=O) groups is 1. The van der Waals surface area contributed by atoms with Crippen molar-refractivity contribution in [3.05, 3.63) is 35.1 Å². The molecular formula is C18H28Cl3FN4O2S. The normalized spacial score (nSPS) is 21.8. The number of rotatable bonds is 6. The van der Waals surface area contributed by atoms with Crippen LogP contribution >= 0.6 is 49.0 Å². The molecule has 1 saturated heterocycles. The number of nitrogens with one attached hydrogen (secondary N) is 1. The van der Waals surface area contributed by atoms with Gasteiger partial charge in [0.15, 0.2) is 11.0 Å². The summed E-state index contributed by atoms with van der Waals surface area (Å²) in [5.41, 5.74) is 6.41. The van der Waals surface area contributed by atoms with Crippen LogP contribution in [0.5, 0.6) is 0 Å². The summed E-state index contributed by atoms with van der Waals surface area (Å²) >= 11 is 1.48. The highest BCUT2D eigenvalue weighted by molar-refractivity contribution is 8.13. The lowest BCUT2D eigenvalue weighted by molar-refractivity contribution is -0.172. The molecule has 0 aromatic heterocycles. The fourth-order valence-corrected chi connectivity index (χ4v) is 4.17. The number of carbonyl (C=O) groups excluding carboxylic acids is 1. The maximum atomic E-state index is 14.4. The Morgan fingerprint density at radius 1 is 1.34 bits per heavy atom. The molecular weight excluding hydrogens is 462 g/mol. The first-order chi connectivity index (χ1) is 12.5. The summed E-state index contributed by atoms with van der Waals surface area (Å²) in [6.07, 6.45) is 0.919. The van der Waals surface area contributed by atoms with Crippen LogP contribution in [0.4, 0.5) is 4.39 Å². The van der Waals surface area contributed by atoms with Gasteiger partial charge < -0.3 is 11.1 Å². The lowest BCUT2D eigenvalue weighted by atomic mass is 9.87. The lowest BCUT2D eigenvalue weighted by Gasteiger charge is -2.30. The zero-order chi connectivity index (χ0) is 18.6. The molecule has 1 atom stereocenters. The van der Waals surface area contributed by atoms with Crippen LogP contribution in [-0.2, 0) is 21.6 Å². The number of nitrogens with two attached hydrogens (primary N) is 1. The van der Waals surface area contributed by atoms with E-state index in [1.807, 2.05) is 12.0 Å². The zero-order valence-electron chi connectivity index (χ0n) is 16.2. The topological polar surface area (TPSA) is 80.0 Å². The van der Waals surface area contributed by atoms with Gasteiger partial charge in [-0.1, -0.05) is 23.9 Å². The van der Waals surface area contributed by atoms with E-state index in [1.165, 1.54) is 17.8 Å². The minimum absolute atomic E-state index is 0. The van der Waals surface area contributed by atoms with Gasteiger partial charge in [-0.2, -0.15) is 5.06 Å². The molecule has 0 radical (unpaired) electrons. The molecule has 6 nitrogen and oxygen atoms in total. The van der Waals surface area contributed by atoms with E-state index in [0.29, 0.717) is 17.2 Å². The number of thioether (sulfide) groups is 1. The van der Waals surface area contributed by atoms with E-state index >= 15 is 0 Å². The van der Waals surface area contributed by atoms with Crippen molar-refractivity contribution >= 4 is 59.9 Å². The Morgan fingerprint density at radius 2 is 2.03 bits per heavy atom. The van der Waals surface area contributed by atoms with Gasteiger partial charge in [0, 0.05) is 43.9 Å². The molecule has 1 aromatic carbocycles. The van der Waals surface area contributed by atoms with Crippen LogP contribution in [0.3, 0.4) is 0 Å². The number of ketones is 1. The number of piperazine rings is 1. The summed E-state index contributed by atoms with van der Waals surface area (Å²) in [6.45, 7) is 5.17. The van der Waals surface area contributed by atoms with Gasteiger partial charge in [0.2, 0.25) is 0 Å². The van der Waals surface area contributed by atoms with Crippen molar-refractivity contribution in [2.24, 2.45) is 10.7 Å². The van der Waals surface area contributed by atoms with Gasteiger partial charge in [-0.25, -0.2) is 4.39 Å². The molecule has 29 heavy (non-hydrogen) atoms. The molecule has 166 valence electrons. The van der Waals surface area contributed by atoms with Gasteiger partial charge in [0.1, 0.15) is 12.4 Å². The molecule has 0 unspecified atom stereocenters. The number of halogens is 4. The van der Waals surface area contributed by atoms with Crippen molar-refractivity contribution in [2.45, 2.75) is 25.3 Å². The van der Waals surface area contributed by atoms with Crippen molar-refractivity contribution in [3.8, 4) is 0 Å². The van der Waals surface area contributed by atoms with Gasteiger partial charge in [-0.05, 0) is 25.0 Å². The number of nitrogens with zero attached hydrogens (tertiary/aromatic N) is 2. The van der Waals surface area contributed by atoms with Gasteiger partial charge in [-0.3, -0.25) is 14.6 Å². The van der Waals surface area contributed by atoms with E-state index in [0.717, 1.165) is 37.5 Å². The van der Waals surface area contributed by atoms with Crippen molar-refractivity contribution in [2.75, 3.05) is 38.5 Å². The number of amidine groups is 1. The van der Waals surface area contributed by atoms with Crippen LogP contribution in [0.1, 0.15) is 24.5 Å². The third-order valence-corrected chi connectivity index (χ3v) is 5.49. The average molecular weight is 490 g/mol. The summed E-state index contributed by atoms with van der Waals surface area (Å²) in [5, 5.41) is 5.51. The second-order valence-electron chi connectivity index (χ2n) is 6.80. The molecule has 0 aliphatic carbocycles. The molecule has 1 aromatic rings. The van der Waals surface area contributed by atoms with Gasteiger partial charge in [0.25, 0.3) is 0 Å². The number of Topliss-reactive ketones (excluding diaryl/α,β-unsaturated/α-hetero) is 1. The van der Waals surface area contributed by atoms with Gasteiger partial charge in [-0.15, -0.1) is 37.2 Å². The van der Waals surface area contributed by atoms with Crippen molar-refractivity contribution in [1.29, 1.82) is 0 Å². The Bertz CT molecular complexity index is 708. The molecule has 11 heteroatoms. The summed E-state index contributed by atoms with van der Waals surface area (Å²) in [4.78, 5) is 22.3. The third-order valence-electron chi connectivity index (χ3n) is 4.69. The van der Waals surface area contributed by atoms with E-state index in [9.17, 15) is 9.18 Å². The molecule has 0 bridgehead atoms. The van der Waals surface area contributed by atoms with Crippen LogP contribution in [0, 0.1) is 5.82 Å². The molecule has 2 aliphatic heterocycles. The van der Waals surface area contributed by atoms with Gasteiger partial charge >= 0.3 is 0 Å². The number of hydroxylamine groups is 2. The van der Waals surface area contributed by atoms with Crippen molar-refractivity contribution in [3.63, 3.8) is 0 Å². The highest BCUT2D eigenvalue weighted by Crippen LogP contribution is 2.36. The third kappa shape index (κ3) is 7.86. The molecule has 3 N–H and O–H groups in total. The number of aliphatic imine (C=N–C) groups is 1. The fraction of sp³-hybridized carbons (Fsp3) is 0.556. The first-order valence-corrected chi connectivity index (χ1v) is 9.82. The van der Waals surface area contributed by atoms with E-state index in [2.05, 4.69) is 10.3 Å². The summed E-state index contributed by atoms with van der Waals surface area (Å²) in [5.74, 6) is 0.449. The van der Waals surface area contributed by atoms with Crippen molar-refractivity contribution in [1.82, 2.24) is 10.4 Å². The molecule has 0 spiro atoms. The number of hydrogen-bond acceptors (Lipinski definition) is 7. The second-order valence-corrected chi connectivity index (χ2v) is 7.92. The predicted octanol–water partition coefficient (Wildman–Crippen LogP) is 2.71. The Morgan fingerprint density at radius 3 is 2.69 bits per heavy atom. The summed E-state index contributed by atoms with van der Waals surface area (Å²) in [6, 6.07) is 4.80. The van der Waals surface area contributed by atoms with E-state index in [1.54, 1.807) is 12.1 Å². The first kappa shape index (κ1) is 28.4. The van der Waals surface area contributed by atoms with Crippen molar-refractivity contribution < 1.29 is 14.0 Å². The van der Waals surface area contributed by atoms with Crippen LogP contribution in [0.25, 0.3) is 0 Å². The predicted molar refractivity (Wildman–Crippen MR) is 123 cm³/mol. The van der Waals surface area contributed by atoms with Crippen LogP contribution in [-0.4, -0.2) is 54.6 Å². The standard InChI is InChI=1S/C18H25FN4O2S.3ClH/c1-18(4-9-26-17(20)22-18)15-11-13(2-3-16(15)19)10-14(24)12-25-23-7-5-21-6-8-23;;;/h2-3,11,21H,4-10,12H2,1H3,(H2,20,22);3*1H/t18-;;;/m0.../s1. The largest absolute Gasteiger partial charge is 0.379 e. The first-order valence-electron chi connectivity index (χ1n) is 8.83. The van der Waals surface area contributed by atoms with Gasteiger partial charge in [0.05, 0.1) is 5.54 Å². The Kier molecular flexibility index (Phi) is 12.7. The maximum Gasteiger partial charge on any atom is 0.164 e. The molecule has 0 amide bonds. The second kappa shape index (κ2) is 12.9. The highest BCUT2D eigenvalue weighted by atomic mass is 35.5. The monoisotopic (exact) mass is 488 g/mol. The highest BCUT2D eigenvalue weighted by Gasteiger charge is 2.32. The fourth-order valence-electron chi connectivity index (χ4n) is 3.19. The molecule has 1 fully saturated rings. The van der Waals surface area contributed by atoms with Crippen LogP contribution in [0.2, 0.25) is 0 Å².